The number of hydrogen-bond donors (Lipinski definition) is 3. The van der Waals surface area contributed by atoms with Crippen molar-refractivity contribution in [2.24, 2.45) is 0 Å². The second-order valence-corrected chi connectivity index (χ2v) is 3.78. The van der Waals surface area contributed by atoms with Crippen LogP contribution in [0.3, 0.4) is 0 Å². The van der Waals surface area contributed by atoms with Gasteiger partial charge in [0.25, 0.3) is 0 Å². The van der Waals surface area contributed by atoms with Gasteiger partial charge in [-0.3, -0.25) is 4.98 Å². The molecular formula is C13H12N4O. The summed E-state index contributed by atoms with van der Waals surface area (Å²) in [4.78, 5) is 3.88. The number of hydrogen-bond acceptors (Lipinski definition) is 5. The molecular weight excluding hydrogens is 228 g/mol. The van der Waals surface area contributed by atoms with E-state index in [4.69, 9.17) is 11.0 Å². The number of benzene rings is 1. The van der Waals surface area contributed by atoms with Crippen LogP contribution in [0.4, 0.5) is 11.4 Å². The molecule has 1 heterocycles. The highest BCUT2D eigenvalue weighted by molar-refractivity contribution is 5.57. The number of nitrogens with one attached hydrogen (secondary N) is 1. The predicted octanol–water partition coefficient (Wildman–Crippen LogP) is 1.85. The maximum Gasteiger partial charge on any atom is 0.138 e. The summed E-state index contributed by atoms with van der Waals surface area (Å²) in [6.07, 6.45) is 3.12. The molecule has 0 unspecified atom stereocenters. The number of nitrogen functional groups attached to an aromatic ring is 1. The molecule has 0 bridgehead atoms. The quantitative estimate of drug-likeness (QED) is 0.562. The highest BCUT2D eigenvalue weighted by atomic mass is 16.3. The molecule has 90 valence electrons. The van der Waals surface area contributed by atoms with Gasteiger partial charge in [-0.25, -0.2) is 0 Å². The van der Waals surface area contributed by atoms with Gasteiger partial charge in [-0.05, 0) is 23.8 Å². The van der Waals surface area contributed by atoms with Crippen LogP contribution in [0.2, 0.25) is 0 Å². The fraction of sp³-hybridized carbons (Fsp3) is 0.0769. The SMILES string of the molecule is N#Cc1cnccc1NCc1ccc(N)c(O)c1. The van der Waals surface area contributed by atoms with E-state index < -0.39 is 0 Å². The lowest BCUT2D eigenvalue weighted by molar-refractivity contribution is 0.477. The Bertz CT molecular complexity index is 604. The Morgan fingerprint density at radius 2 is 2.22 bits per heavy atom. The number of nitrogens with two attached hydrogens (primary N) is 1. The zero-order chi connectivity index (χ0) is 13.0. The van der Waals surface area contributed by atoms with Crippen molar-refractivity contribution in [3.8, 4) is 11.8 Å². The molecule has 0 atom stereocenters. The summed E-state index contributed by atoms with van der Waals surface area (Å²) in [5.41, 5.74) is 7.94. The second kappa shape index (κ2) is 5.06. The summed E-state index contributed by atoms with van der Waals surface area (Å²) in [6, 6.07) is 8.84. The van der Waals surface area contributed by atoms with Gasteiger partial charge >= 0.3 is 0 Å². The molecule has 2 aromatic rings. The summed E-state index contributed by atoms with van der Waals surface area (Å²) >= 11 is 0. The van der Waals surface area contributed by atoms with E-state index in [1.165, 1.54) is 6.20 Å². The summed E-state index contributed by atoms with van der Waals surface area (Å²) in [7, 11) is 0. The fourth-order valence-electron chi connectivity index (χ4n) is 1.53. The van der Waals surface area contributed by atoms with E-state index in [1.54, 1.807) is 24.4 Å². The van der Waals surface area contributed by atoms with Crippen molar-refractivity contribution in [1.29, 1.82) is 5.26 Å². The van der Waals surface area contributed by atoms with E-state index in [-0.39, 0.29) is 5.75 Å². The third-order valence-corrected chi connectivity index (χ3v) is 2.52. The van der Waals surface area contributed by atoms with Crippen LogP contribution in [0.15, 0.2) is 36.7 Å². The molecule has 1 aromatic carbocycles. The van der Waals surface area contributed by atoms with Crippen molar-refractivity contribution in [3.05, 3.63) is 47.8 Å². The van der Waals surface area contributed by atoms with Crippen LogP contribution in [0, 0.1) is 11.3 Å². The van der Waals surface area contributed by atoms with Gasteiger partial charge in [0, 0.05) is 18.9 Å². The van der Waals surface area contributed by atoms with Gasteiger partial charge in [-0.2, -0.15) is 5.26 Å². The monoisotopic (exact) mass is 240 g/mol. The van der Waals surface area contributed by atoms with Crippen LogP contribution in [-0.2, 0) is 6.54 Å². The fourth-order valence-corrected chi connectivity index (χ4v) is 1.53. The zero-order valence-electron chi connectivity index (χ0n) is 9.59. The smallest absolute Gasteiger partial charge is 0.138 e. The predicted molar refractivity (Wildman–Crippen MR) is 68.8 cm³/mol. The number of rotatable bonds is 3. The third kappa shape index (κ3) is 2.50. The van der Waals surface area contributed by atoms with Crippen molar-refractivity contribution >= 4 is 11.4 Å². The molecule has 0 spiro atoms. The van der Waals surface area contributed by atoms with E-state index in [1.807, 2.05) is 6.07 Å². The number of aromatic nitrogens is 1. The molecule has 1 aromatic heterocycles. The first-order valence-electron chi connectivity index (χ1n) is 5.36. The standard InChI is InChI=1S/C13H12N4O/c14-6-10-8-16-4-3-12(10)17-7-9-1-2-11(15)13(18)5-9/h1-5,8,18H,7,15H2,(H,16,17). The number of nitrogens with zero attached hydrogens (tertiary/aromatic N) is 2. The van der Waals surface area contributed by atoms with Gasteiger partial charge in [0.15, 0.2) is 0 Å². The normalized spacial score (nSPS) is 9.72. The lowest BCUT2D eigenvalue weighted by Crippen LogP contribution is -2.01. The lowest BCUT2D eigenvalue weighted by atomic mass is 10.2. The first-order valence-corrected chi connectivity index (χ1v) is 5.36. The Hall–Kier alpha value is -2.74. The minimum absolute atomic E-state index is 0.0598. The number of phenols is 1. The first kappa shape index (κ1) is 11.7. The third-order valence-electron chi connectivity index (χ3n) is 2.52. The highest BCUT2D eigenvalue weighted by Gasteiger charge is 2.02. The molecule has 18 heavy (non-hydrogen) atoms. The molecule has 0 amide bonds. The van der Waals surface area contributed by atoms with Crippen molar-refractivity contribution in [2.75, 3.05) is 11.1 Å². The molecule has 5 nitrogen and oxygen atoms in total. The summed E-state index contributed by atoms with van der Waals surface area (Å²) < 4.78 is 0. The maximum atomic E-state index is 9.48. The van der Waals surface area contributed by atoms with Crippen LogP contribution in [0.25, 0.3) is 0 Å². The Labute approximate surface area is 105 Å². The largest absolute Gasteiger partial charge is 0.506 e. The molecule has 0 aliphatic rings. The van der Waals surface area contributed by atoms with E-state index in [9.17, 15) is 5.11 Å². The van der Waals surface area contributed by atoms with Crippen molar-refractivity contribution in [2.45, 2.75) is 6.54 Å². The maximum absolute atomic E-state index is 9.48. The lowest BCUT2D eigenvalue weighted by Gasteiger charge is -2.08. The average molecular weight is 240 g/mol. The van der Waals surface area contributed by atoms with Crippen LogP contribution < -0.4 is 11.1 Å². The number of aromatic hydroxyl groups is 1. The van der Waals surface area contributed by atoms with Crippen LogP contribution in [0.1, 0.15) is 11.1 Å². The van der Waals surface area contributed by atoms with Crippen LogP contribution >= 0.6 is 0 Å². The van der Waals surface area contributed by atoms with Crippen molar-refractivity contribution < 1.29 is 5.11 Å². The van der Waals surface area contributed by atoms with Crippen LogP contribution in [-0.4, -0.2) is 10.1 Å². The number of phenolic OH excluding ortho intramolecular Hbond substituents is 1. The van der Waals surface area contributed by atoms with Crippen LogP contribution in [0.5, 0.6) is 5.75 Å². The summed E-state index contributed by atoms with van der Waals surface area (Å²) in [5, 5.41) is 21.5. The molecule has 0 radical (unpaired) electrons. The second-order valence-electron chi connectivity index (χ2n) is 3.78. The van der Waals surface area contributed by atoms with Gasteiger partial charge in [-0.1, -0.05) is 6.07 Å². The molecule has 0 fully saturated rings. The average Bonchev–Trinajstić information content (AvgIpc) is 2.40. The highest BCUT2D eigenvalue weighted by Crippen LogP contribution is 2.21. The van der Waals surface area contributed by atoms with E-state index in [2.05, 4.69) is 16.4 Å². The Morgan fingerprint density at radius 3 is 2.94 bits per heavy atom. The summed E-state index contributed by atoms with van der Waals surface area (Å²) in [5.74, 6) is 0.0598. The van der Waals surface area contributed by atoms with Crippen molar-refractivity contribution in [3.63, 3.8) is 0 Å². The first-order chi connectivity index (χ1) is 8.70. The molecule has 0 saturated carbocycles. The molecule has 0 aliphatic heterocycles. The molecule has 5 heteroatoms. The number of nitriles is 1. The zero-order valence-corrected chi connectivity index (χ0v) is 9.59. The molecule has 4 N–H and O–H groups in total. The van der Waals surface area contributed by atoms with E-state index in [0.717, 1.165) is 5.56 Å². The molecule has 2 rings (SSSR count). The topological polar surface area (TPSA) is 95.0 Å². The van der Waals surface area contributed by atoms with E-state index in [0.29, 0.717) is 23.5 Å². The minimum Gasteiger partial charge on any atom is -0.506 e. The van der Waals surface area contributed by atoms with E-state index >= 15 is 0 Å². The van der Waals surface area contributed by atoms with Gasteiger partial charge in [-0.15, -0.1) is 0 Å². The minimum atomic E-state index is 0.0598. The number of pyridine rings is 1. The Balaban J connectivity index is 2.12. The number of anilines is 2. The van der Waals surface area contributed by atoms with Gasteiger partial charge in [0.05, 0.1) is 16.9 Å². The molecule has 0 saturated heterocycles. The van der Waals surface area contributed by atoms with Gasteiger partial charge in [0.1, 0.15) is 11.8 Å². The Morgan fingerprint density at radius 1 is 1.39 bits per heavy atom. The van der Waals surface area contributed by atoms with Crippen molar-refractivity contribution in [1.82, 2.24) is 4.98 Å². The summed E-state index contributed by atoms with van der Waals surface area (Å²) in [6.45, 7) is 0.493. The van der Waals surface area contributed by atoms with Gasteiger partial charge < -0.3 is 16.2 Å². The molecule has 0 aliphatic carbocycles. The van der Waals surface area contributed by atoms with Gasteiger partial charge in [0.2, 0.25) is 0 Å². The Kier molecular flexibility index (Phi) is 3.30.